The maximum atomic E-state index is 11.4. The molecular weight excluding hydrogens is 420 g/mol. The van der Waals surface area contributed by atoms with E-state index in [9.17, 15) is 4.79 Å². The highest BCUT2D eigenvalue weighted by molar-refractivity contribution is 9.10. The van der Waals surface area contributed by atoms with Gasteiger partial charge in [0.1, 0.15) is 30.0 Å². The smallest absolute Gasteiger partial charge is 0.330 e. The van der Waals surface area contributed by atoms with Crippen LogP contribution in [0, 0.1) is 0 Å². The van der Waals surface area contributed by atoms with Crippen molar-refractivity contribution in [3.8, 4) is 17.2 Å². The van der Waals surface area contributed by atoms with E-state index in [0.29, 0.717) is 22.3 Å². The molecule has 0 saturated heterocycles. The molecule has 136 valence electrons. The van der Waals surface area contributed by atoms with Gasteiger partial charge in [-0.25, -0.2) is 4.79 Å². The molecule has 0 amide bonds. The molecule has 0 fully saturated rings. The normalized spacial score (nSPS) is 11.8. The highest BCUT2D eigenvalue weighted by Gasteiger charge is 2.06. The van der Waals surface area contributed by atoms with Crippen LogP contribution in [0.3, 0.4) is 0 Å². The molecule has 0 spiro atoms. The molecule has 2 aromatic rings. The van der Waals surface area contributed by atoms with Gasteiger partial charge in [-0.3, -0.25) is 0 Å². The molecule has 4 nitrogen and oxygen atoms in total. The van der Waals surface area contributed by atoms with Crippen molar-refractivity contribution in [2.24, 2.45) is 0 Å². The van der Waals surface area contributed by atoms with Gasteiger partial charge in [0, 0.05) is 10.5 Å². The predicted molar refractivity (Wildman–Crippen MR) is 106 cm³/mol. The lowest BCUT2D eigenvalue weighted by atomic mass is 10.3. The lowest BCUT2D eigenvalue weighted by Crippen LogP contribution is -2.09. The third-order valence-electron chi connectivity index (χ3n) is 3.11. The molecule has 6 heteroatoms. The zero-order valence-corrected chi connectivity index (χ0v) is 16.5. The van der Waals surface area contributed by atoms with Crippen molar-refractivity contribution in [1.29, 1.82) is 0 Å². The minimum atomic E-state index is -0.435. The van der Waals surface area contributed by atoms with E-state index in [1.54, 1.807) is 42.5 Å². The summed E-state index contributed by atoms with van der Waals surface area (Å²) in [5, 5.41) is 0.516. The SMILES string of the molecule is C=CCOC(=O)/C=C/C(C)Oc1ccc(Oc2ccc(Br)cc2Cl)cc1. The fourth-order valence-corrected chi connectivity index (χ4v) is 2.64. The fraction of sp³-hybridized carbons (Fsp3) is 0.150. The molecule has 0 aromatic heterocycles. The second-order valence-electron chi connectivity index (χ2n) is 5.25. The van der Waals surface area contributed by atoms with Gasteiger partial charge < -0.3 is 14.2 Å². The zero-order chi connectivity index (χ0) is 18.9. The highest BCUT2D eigenvalue weighted by Crippen LogP contribution is 2.32. The van der Waals surface area contributed by atoms with Gasteiger partial charge in [-0.05, 0) is 55.5 Å². The van der Waals surface area contributed by atoms with Gasteiger partial charge in [-0.15, -0.1) is 0 Å². The highest BCUT2D eigenvalue weighted by atomic mass is 79.9. The number of hydrogen-bond acceptors (Lipinski definition) is 4. The van der Waals surface area contributed by atoms with E-state index in [-0.39, 0.29) is 12.7 Å². The number of carbonyl (C=O) groups excluding carboxylic acids is 1. The topological polar surface area (TPSA) is 44.8 Å². The number of hydrogen-bond donors (Lipinski definition) is 0. The van der Waals surface area contributed by atoms with E-state index in [1.165, 1.54) is 12.2 Å². The Labute approximate surface area is 166 Å². The molecule has 0 radical (unpaired) electrons. The van der Waals surface area contributed by atoms with Gasteiger partial charge in [0.05, 0.1) is 5.02 Å². The molecule has 0 N–H and O–H groups in total. The molecule has 0 heterocycles. The van der Waals surface area contributed by atoms with E-state index in [2.05, 4.69) is 22.5 Å². The van der Waals surface area contributed by atoms with Gasteiger partial charge in [0.25, 0.3) is 0 Å². The van der Waals surface area contributed by atoms with Crippen LogP contribution < -0.4 is 9.47 Å². The van der Waals surface area contributed by atoms with E-state index in [1.807, 2.05) is 13.0 Å². The minimum absolute atomic E-state index is 0.183. The average Bonchev–Trinajstić information content (AvgIpc) is 2.62. The Morgan fingerprint density at radius 2 is 1.92 bits per heavy atom. The van der Waals surface area contributed by atoms with Crippen molar-refractivity contribution in [1.82, 2.24) is 0 Å². The van der Waals surface area contributed by atoms with Crippen LogP contribution in [0.5, 0.6) is 17.2 Å². The summed E-state index contributed by atoms with van der Waals surface area (Å²) >= 11 is 9.49. The van der Waals surface area contributed by atoms with Crippen molar-refractivity contribution in [2.45, 2.75) is 13.0 Å². The second kappa shape index (κ2) is 10.0. The fourth-order valence-electron chi connectivity index (χ4n) is 1.93. The third-order valence-corrected chi connectivity index (χ3v) is 3.90. The number of halogens is 2. The van der Waals surface area contributed by atoms with Crippen LogP contribution in [0.4, 0.5) is 0 Å². The monoisotopic (exact) mass is 436 g/mol. The van der Waals surface area contributed by atoms with Gasteiger partial charge in [-0.1, -0.05) is 40.2 Å². The van der Waals surface area contributed by atoms with E-state index < -0.39 is 5.97 Å². The first kappa shape index (κ1) is 20.1. The summed E-state index contributed by atoms with van der Waals surface area (Å²) in [6.45, 7) is 5.49. The van der Waals surface area contributed by atoms with E-state index in [0.717, 1.165) is 4.47 Å². The largest absolute Gasteiger partial charge is 0.487 e. The Kier molecular flexibility index (Phi) is 7.75. The Hall–Kier alpha value is -2.24. The third kappa shape index (κ3) is 6.58. The molecule has 0 aliphatic carbocycles. The molecule has 0 saturated carbocycles. The Bertz CT molecular complexity index is 787. The lowest BCUT2D eigenvalue weighted by Gasteiger charge is -2.12. The number of rotatable bonds is 8. The summed E-state index contributed by atoms with van der Waals surface area (Å²) in [7, 11) is 0. The summed E-state index contributed by atoms with van der Waals surface area (Å²) < 4.78 is 17.2. The quantitative estimate of drug-likeness (QED) is 0.291. The van der Waals surface area contributed by atoms with Crippen molar-refractivity contribution < 1.29 is 19.0 Å². The number of carbonyl (C=O) groups is 1. The van der Waals surface area contributed by atoms with Crippen molar-refractivity contribution in [2.75, 3.05) is 6.61 Å². The lowest BCUT2D eigenvalue weighted by molar-refractivity contribution is -0.136. The number of esters is 1. The first-order valence-corrected chi connectivity index (χ1v) is 9.00. The second-order valence-corrected chi connectivity index (χ2v) is 6.57. The zero-order valence-electron chi connectivity index (χ0n) is 14.2. The molecule has 1 atom stereocenters. The minimum Gasteiger partial charge on any atom is -0.487 e. The standard InChI is InChI=1S/C20H18BrClO4/c1-3-12-24-20(23)11-4-14(2)25-16-6-8-17(9-7-16)26-19-10-5-15(21)13-18(19)22/h3-11,13-14H,1,12H2,2H3/b11-4+. The molecule has 0 aliphatic rings. The van der Waals surface area contributed by atoms with Crippen molar-refractivity contribution >= 4 is 33.5 Å². The Morgan fingerprint density at radius 1 is 1.23 bits per heavy atom. The molecule has 2 aromatic carbocycles. The number of benzene rings is 2. The Morgan fingerprint density at radius 3 is 2.58 bits per heavy atom. The molecule has 26 heavy (non-hydrogen) atoms. The van der Waals surface area contributed by atoms with Crippen LogP contribution in [0.25, 0.3) is 0 Å². The summed E-state index contributed by atoms with van der Waals surface area (Å²) in [5.41, 5.74) is 0. The van der Waals surface area contributed by atoms with Crippen molar-refractivity contribution in [3.63, 3.8) is 0 Å². The average molecular weight is 438 g/mol. The first-order valence-electron chi connectivity index (χ1n) is 7.83. The maximum Gasteiger partial charge on any atom is 0.330 e. The summed E-state index contributed by atoms with van der Waals surface area (Å²) in [6, 6.07) is 12.5. The summed E-state index contributed by atoms with van der Waals surface area (Å²) in [6.07, 6.45) is 4.18. The first-order chi connectivity index (χ1) is 12.5. The van der Waals surface area contributed by atoms with Gasteiger partial charge in [0.2, 0.25) is 0 Å². The predicted octanol–water partition coefficient (Wildman–Crippen LogP) is 5.95. The number of ether oxygens (including phenoxy) is 3. The molecule has 2 rings (SSSR count). The van der Waals surface area contributed by atoms with Crippen LogP contribution in [-0.2, 0) is 9.53 Å². The summed E-state index contributed by atoms with van der Waals surface area (Å²) in [4.78, 5) is 11.4. The van der Waals surface area contributed by atoms with Crippen LogP contribution >= 0.6 is 27.5 Å². The van der Waals surface area contributed by atoms with E-state index in [4.69, 9.17) is 25.8 Å². The van der Waals surface area contributed by atoms with Crippen molar-refractivity contribution in [3.05, 3.63) is 76.8 Å². The maximum absolute atomic E-state index is 11.4. The van der Waals surface area contributed by atoms with Gasteiger partial charge >= 0.3 is 5.97 Å². The molecule has 1 unspecified atom stereocenters. The van der Waals surface area contributed by atoms with Crippen LogP contribution in [0.2, 0.25) is 5.02 Å². The van der Waals surface area contributed by atoms with Gasteiger partial charge in [-0.2, -0.15) is 0 Å². The van der Waals surface area contributed by atoms with Crippen LogP contribution in [0.1, 0.15) is 6.92 Å². The molecule has 0 bridgehead atoms. The van der Waals surface area contributed by atoms with Gasteiger partial charge in [0.15, 0.2) is 0 Å². The Balaban J connectivity index is 1.91. The van der Waals surface area contributed by atoms with Crippen LogP contribution in [0.15, 0.2) is 71.7 Å². The molecule has 0 aliphatic heterocycles. The van der Waals surface area contributed by atoms with E-state index >= 15 is 0 Å². The summed E-state index contributed by atoms with van der Waals surface area (Å²) in [5.74, 6) is 1.42. The molecular formula is C20H18BrClO4. The van der Waals surface area contributed by atoms with Crippen LogP contribution in [-0.4, -0.2) is 18.7 Å².